The first-order chi connectivity index (χ1) is 11.5. The van der Waals surface area contributed by atoms with E-state index in [1.54, 1.807) is 20.2 Å². The molecule has 0 saturated carbocycles. The van der Waals surface area contributed by atoms with Gasteiger partial charge < -0.3 is 20.3 Å². The molecular weight excluding hydrogens is 306 g/mol. The minimum absolute atomic E-state index is 0.0759. The number of aliphatic hydroxyl groups excluding tert-OH is 1. The van der Waals surface area contributed by atoms with Gasteiger partial charge in [-0.25, -0.2) is 4.79 Å². The Labute approximate surface area is 141 Å². The molecule has 2 amide bonds. The number of hydrogen-bond donors (Lipinski definition) is 3. The second-order valence-electron chi connectivity index (χ2n) is 5.75. The summed E-state index contributed by atoms with van der Waals surface area (Å²) in [7, 11) is 1.64. The molecule has 1 aromatic heterocycles. The van der Waals surface area contributed by atoms with Gasteiger partial charge in [-0.1, -0.05) is 30.3 Å². The van der Waals surface area contributed by atoms with Crippen LogP contribution in [0.4, 0.5) is 10.5 Å². The fraction of sp³-hybridized carbons (Fsp3) is 0.333. The first-order valence-electron chi connectivity index (χ1n) is 7.92. The van der Waals surface area contributed by atoms with Gasteiger partial charge in [0.1, 0.15) is 0 Å². The van der Waals surface area contributed by atoms with Gasteiger partial charge >= 0.3 is 6.03 Å². The molecule has 128 valence electrons. The van der Waals surface area contributed by atoms with Gasteiger partial charge in [0.05, 0.1) is 11.7 Å². The summed E-state index contributed by atoms with van der Waals surface area (Å²) in [6.07, 6.45) is 2.83. The Bertz CT molecular complexity index is 741. The molecule has 2 rings (SSSR count). The summed E-state index contributed by atoms with van der Waals surface area (Å²) in [5.74, 6) is 0. The molecule has 0 aliphatic carbocycles. The monoisotopic (exact) mass is 329 g/mol. The zero-order valence-electron chi connectivity index (χ0n) is 14.0. The lowest BCUT2D eigenvalue weighted by atomic mass is 10.0. The number of carbonyl (C=O) groups excluding carboxylic acids is 1. The van der Waals surface area contributed by atoms with Crippen LogP contribution in [0.5, 0.6) is 0 Å². The number of hydrogen-bond acceptors (Lipinski definition) is 3. The van der Waals surface area contributed by atoms with Gasteiger partial charge in [0.15, 0.2) is 0 Å². The summed E-state index contributed by atoms with van der Waals surface area (Å²) in [5, 5.41) is 14.8. The van der Waals surface area contributed by atoms with E-state index in [-0.39, 0.29) is 24.2 Å². The lowest BCUT2D eigenvalue weighted by Gasteiger charge is -2.20. The molecule has 3 N–H and O–H groups in total. The highest BCUT2D eigenvalue weighted by atomic mass is 16.3. The molecule has 1 unspecified atom stereocenters. The van der Waals surface area contributed by atoms with Gasteiger partial charge in [-0.15, -0.1) is 0 Å². The molecule has 1 aromatic carbocycles. The van der Waals surface area contributed by atoms with Crippen LogP contribution in [-0.4, -0.2) is 22.3 Å². The maximum absolute atomic E-state index is 12.3. The van der Waals surface area contributed by atoms with Crippen LogP contribution in [0.25, 0.3) is 0 Å². The van der Waals surface area contributed by atoms with Gasteiger partial charge in [-0.2, -0.15) is 0 Å². The van der Waals surface area contributed by atoms with Crippen molar-refractivity contribution in [3.8, 4) is 0 Å². The van der Waals surface area contributed by atoms with Crippen molar-refractivity contribution in [1.82, 2.24) is 9.88 Å². The summed E-state index contributed by atoms with van der Waals surface area (Å²) in [4.78, 5) is 23.9. The summed E-state index contributed by atoms with van der Waals surface area (Å²) in [6.45, 7) is 1.85. The minimum Gasteiger partial charge on any atom is -0.396 e. The van der Waals surface area contributed by atoms with Crippen LogP contribution < -0.4 is 16.2 Å². The molecule has 0 radical (unpaired) electrons. The number of urea groups is 1. The number of carbonyl (C=O) groups is 1. The van der Waals surface area contributed by atoms with Crippen LogP contribution in [0.2, 0.25) is 0 Å². The van der Waals surface area contributed by atoms with Crippen LogP contribution in [-0.2, 0) is 7.05 Å². The highest BCUT2D eigenvalue weighted by Gasteiger charge is 2.15. The number of aromatic nitrogens is 1. The van der Waals surface area contributed by atoms with Crippen molar-refractivity contribution in [2.45, 2.75) is 25.8 Å². The van der Waals surface area contributed by atoms with Crippen LogP contribution in [0.15, 0.2) is 47.4 Å². The first-order valence-corrected chi connectivity index (χ1v) is 7.92. The van der Waals surface area contributed by atoms with Gasteiger partial charge in [0.25, 0.3) is 5.56 Å². The van der Waals surface area contributed by atoms with Crippen molar-refractivity contribution >= 4 is 11.7 Å². The van der Waals surface area contributed by atoms with Gasteiger partial charge in [0, 0.05) is 25.9 Å². The predicted molar refractivity (Wildman–Crippen MR) is 94.1 cm³/mol. The number of anilines is 1. The fourth-order valence-electron chi connectivity index (χ4n) is 2.47. The standard InChI is InChI=1S/C18H23N3O3/c1-13-11-17(23)21(2)12-16(13)20-18(24)19-15(9-6-10-22)14-7-4-3-5-8-14/h3-5,7-8,11-12,15,22H,6,9-10H2,1-2H3,(H2,19,20,24). The molecule has 6 heteroatoms. The van der Waals surface area contributed by atoms with Crippen molar-refractivity contribution in [2.24, 2.45) is 7.05 Å². The van der Waals surface area contributed by atoms with E-state index in [1.807, 2.05) is 30.3 Å². The third-order valence-corrected chi connectivity index (χ3v) is 3.84. The summed E-state index contributed by atoms with van der Waals surface area (Å²) in [5.41, 5.74) is 2.16. The Morgan fingerprint density at radius 3 is 2.67 bits per heavy atom. The van der Waals surface area contributed by atoms with Crippen molar-refractivity contribution in [3.63, 3.8) is 0 Å². The number of nitrogens with zero attached hydrogens (tertiary/aromatic N) is 1. The normalized spacial score (nSPS) is 11.8. The van der Waals surface area contributed by atoms with Crippen molar-refractivity contribution in [2.75, 3.05) is 11.9 Å². The van der Waals surface area contributed by atoms with E-state index in [4.69, 9.17) is 5.11 Å². The van der Waals surface area contributed by atoms with Crippen molar-refractivity contribution < 1.29 is 9.90 Å². The Kier molecular flexibility index (Phi) is 6.14. The Morgan fingerprint density at radius 1 is 1.29 bits per heavy atom. The third-order valence-electron chi connectivity index (χ3n) is 3.84. The second-order valence-corrected chi connectivity index (χ2v) is 5.75. The molecule has 0 fully saturated rings. The topological polar surface area (TPSA) is 83.4 Å². The van der Waals surface area contributed by atoms with E-state index < -0.39 is 0 Å². The molecule has 1 heterocycles. The molecule has 24 heavy (non-hydrogen) atoms. The van der Waals surface area contributed by atoms with E-state index in [1.165, 1.54) is 10.6 Å². The number of amides is 2. The average Bonchev–Trinajstić information content (AvgIpc) is 2.57. The molecule has 2 aromatic rings. The SMILES string of the molecule is Cc1cc(=O)n(C)cc1NC(=O)NC(CCCO)c1ccccc1. The number of rotatable bonds is 6. The van der Waals surface area contributed by atoms with Crippen LogP contribution >= 0.6 is 0 Å². The number of aliphatic hydroxyl groups is 1. The molecule has 6 nitrogen and oxygen atoms in total. The van der Waals surface area contributed by atoms with Crippen LogP contribution in [0.1, 0.15) is 30.0 Å². The molecule has 0 bridgehead atoms. The third kappa shape index (κ3) is 4.70. The maximum atomic E-state index is 12.3. The van der Waals surface area contributed by atoms with Gasteiger partial charge in [-0.05, 0) is 30.9 Å². The zero-order valence-corrected chi connectivity index (χ0v) is 14.0. The first kappa shape index (κ1) is 17.7. The van der Waals surface area contributed by atoms with E-state index in [0.29, 0.717) is 24.1 Å². The quantitative estimate of drug-likeness (QED) is 0.760. The number of aryl methyl sites for hydroxylation is 2. The smallest absolute Gasteiger partial charge is 0.319 e. The van der Waals surface area contributed by atoms with E-state index in [9.17, 15) is 9.59 Å². The largest absolute Gasteiger partial charge is 0.396 e. The number of pyridine rings is 1. The molecule has 0 aliphatic rings. The van der Waals surface area contributed by atoms with Gasteiger partial charge in [0.2, 0.25) is 0 Å². The molecule has 0 saturated heterocycles. The van der Waals surface area contributed by atoms with Crippen LogP contribution in [0.3, 0.4) is 0 Å². The van der Waals surface area contributed by atoms with Crippen molar-refractivity contribution in [3.05, 3.63) is 64.1 Å². The number of nitrogens with one attached hydrogen (secondary N) is 2. The Balaban J connectivity index is 2.10. The zero-order chi connectivity index (χ0) is 17.5. The van der Waals surface area contributed by atoms with E-state index >= 15 is 0 Å². The molecular formula is C18H23N3O3. The summed E-state index contributed by atoms with van der Waals surface area (Å²) < 4.78 is 1.42. The van der Waals surface area contributed by atoms with Gasteiger partial charge in [-0.3, -0.25) is 4.79 Å². The minimum atomic E-state index is -0.344. The predicted octanol–water partition coefficient (Wildman–Crippen LogP) is 2.33. The maximum Gasteiger partial charge on any atom is 0.319 e. The number of benzene rings is 1. The Morgan fingerprint density at radius 2 is 2.00 bits per heavy atom. The summed E-state index contributed by atoms with van der Waals surface area (Å²) >= 11 is 0. The molecule has 1 atom stereocenters. The molecule has 0 aliphatic heterocycles. The lowest BCUT2D eigenvalue weighted by Crippen LogP contribution is -2.33. The van der Waals surface area contributed by atoms with E-state index in [2.05, 4.69) is 10.6 Å². The van der Waals surface area contributed by atoms with E-state index in [0.717, 1.165) is 5.56 Å². The fourth-order valence-corrected chi connectivity index (χ4v) is 2.47. The highest BCUT2D eigenvalue weighted by molar-refractivity contribution is 5.90. The Hall–Kier alpha value is -2.60. The highest BCUT2D eigenvalue weighted by Crippen LogP contribution is 2.19. The summed E-state index contributed by atoms with van der Waals surface area (Å²) in [6, 6.07) is 10.6. The second kappa shape index (κ2) is 8.31. The molecule has 0 spiro atoms. The van der Waals surface area contributed by atoms with Crippen LogP contribution in [0, 0.1) is 6.92 Å². The average molecular weight is 329 g/mol. The van der Waals surface area contributed by atoms with Crippen molar-refractivity contribution in [1.29, 1.82) is 0 Å². The lowest BCUT2D eigenvalue weighted by molar-refractivity contribution is 0.243.